The first-order chi connectivity index (χ1) is 11.6. The van der Waals surface area contributed by atoms with Crippen LogP contribution in [0.15, 0.2) is 48.5 Å². The Bertz CT molecular complexity index is 906. The fourth-order valence-corrected chi connectivity index (χ4v) is 4.83. The number of nitrogens with zero attached hydrogens (tertiary/aromatic N) is 3. The van der Waals surface area contributed by atoms with Crippen molar-refractivity contribution in [2.24, 2.45) is 0 Å². The molecule has 1 aromatic heterocycles. The van der Waals surface area contributed by atoms with Crippen molar-refractivity contribution < 1.29 is 9.72 Å². The summed E-state index contributed by atoms with van der Waals surface area (Å²) >= 11 is 2.98. The lowest BCUT2D eigenvalue weighted by molar-refractivity contribution is -0.384. The summed E-state index contributed by atoms with van der Waals surface area (Å²) in [5.74, 6) is 0.375. The van der Waals surface area contributed by atoms with E-state index in [1.54, 1.807) is 17.0 Å². The molecular formula is C16H11N3O3S2. The Morgan fingerprint density at radius 1 is 1.17 bits per heavy atom. The average Bonchev–Trinajstić information content (AvgIpc) is 3.17. The minimum atomic E-state index is -0.429. The van der Waals surface area contributed by atoms with Gasteiger partial charge in [0.25, 0.3) is 5.69 Å². The maximum absolute atomic E-state index is 12.4. The van der Waals surface area contributed by atoms with E-state index in [2.05, 4.69) is 4.98 Å². The molecule has 120 valence electrons. The lowest BCUT2D eigenvalue weighted by Crippen LogP contribution is -2.27. The molecule has 4 rings (SSSR count). The third-order valence-corrected chi connectivity index (χ3v) is 5.99. The smallest absolute Gasteiger partial charge is 0.269 e. The molecule has 1 amide bonds. The van der Waals surface area contributed by atoms with Gasteiger partial charge in [-0.25, -0.2) is 4.98 Å². The number of hydrogen-bond donors (Lipinski definition) is 0. The number of non-ortho nitro benzene ring substituents is 1. The summed E-state index contributed by atoms with van der Waals surface area (Å²) in [5, 5.41) is 11.3. The van der Waals surface area contributed by atoms with Gasteiger partial charge in [-0.3, -0.25) is 19.8 Å². The molecule has 6 nitrogen and oxygen atoms in total. The van der Waals surface area contributed by atoms with Crippen LogP contribution in [0, 0.1) is 10.1 Å². The van der Waals surface area contributed by atoms with Gasteiger partial charge in [0.2, 0.25) is 5.91 Å². The van der Waals surface area contributed by atoms with Gasteiger partial charge in [-0.05, 0) is 29.8 Å². The standard InChI is InChI=1S/C16H11N3O3S2/c20-14-9-23-15(10-5-7-11(8-6-10)19(21)22)18(14)16-17-12-3-1-2-4-13(12)24-16/h1-8,15H,9H2. The highest BCUT2D eigenvalue weighted by atomic mass is 32.2. The van der Waals surface area contributed by atoms with Crippen LogP contribution >= 0.6 is 23.1 Å². The van der Waals surface area contributed by atoms with E-state index in [0.717, 1.165) is 15.8 Å². The van der Waals surface area contributed by atoms with Crippen LogP contribution in [-0.4, -0.2) is 21.6 Å². The van der Waals surface area contributed by atoms with E-state index in [9.17, 15) is 14.9 Å². The Balaban J connectivity index is 1.72. The fraction of sp³-hybridized carbons (Fsp3) is 0.125. The summed E-state index contributed by atoms with van der Waals surface area (Å²) in [4.78, 5) is 29.0. The summed E-state index contributed by atoms with van der Waals surface area (Å²) in [6.07, 6.45) is 0. The molecule has 1 aliphatic rings. The number of amides is 1. The molecule has 2 heterocycles. The molecule has 0 bridgehead atoms. The number of benzene rings is 2. The molecule has 1 atom stereocenters. The predicted octanol–water partition coefficient (Wildman–Crippen LogP) is 3.98. The van der Waals surface area contributed by atoms with E-state index < -0.39 is 4.92 Å². The lowest BCUT2D eigenvalue weighted by atomic mass is 10.2. The van der Waals surface area contributed by atoms with E-state index in [1.165, 1.54) is 35.2 Å². The Morgan fingerprint density at radius 3 is 2.62 bits per heavy atom. The third kappa shape index (κ3) is 2.53. The zero-order valence-corrected chi connectivity index (χ0v) is 13.9. The molecule has 0 saturated carbocycles. The highest BCUT2D eigenvalue weighted by Crippen LogP contribution is 2.44. The van der Waals surface area contributed by atoms with Gasteiger partial charge in [0.15, 0.2) is 5.13 Å². The topological polar surface area (TPSA) is 76.3 Å². The van der Waals surface area contributed by atoms with Gasteiger partial charge in [0.05, 0.1) is 20.9 Å². The first-order valence-electron chi connectivity index (χ1n) is 7.17. The Hall–Kier alpha value is -2.45. The van der Waals surface area contributed by atoms with Crippen molar-refractivity contribution in [1.82, 2.24) is 4.98 Å². The van der Waals surface area contributed by atoms with E-state index >= 15 is 0 Å². The van der Waals surface area contributed by atoms with Gasteiger partial charge in [0, 0.05) is 12.1 Å². The van der Waals surface area contributed by atoms with Crippen molar-refractivity contribution in [3.63, 3.8) is 0 Å². The van der Waals surface area contributed by atoms with Crippen molar-refractivity contribution in [2.45, 2.75) is 5.37 Å². The Morgan fingerprint density at radius 2 is 1.92 bits per heavy atom. The molecule has 0 spiro atoms. The van der Waals surface area contributed by atoms with Crippen molar-refractivity contribution >= 4 is 50.0 Å². The van der Waals surface area contributed by atoms with Crippen LogP contribution in [0.4, 0.5) is 10.8 Å². The van der Waals surface area contributed by atoms with Crippen LogP contribution in [-0.2, 0) is 4.79 Å². The number of nitro benzene ring substituents is 1. The van der Waals surface area contributed by atoms with Gasteiger partial charge in [-0.1, -0.05) is 23.5 Å². The maximum atomic E-state index is 12.4. The molecule has 2 aromatic carbocycles. The molecular weight excluding hydrogens is 346 g/mol. The second-order valence-corrected chi connectivity index (χ2v) is 7.32. The molecule has 24 heavy (non-hydrogen) atoms. The number of carbonyl (C=O) groups excluding carboxylic acids is 1. The molecule has 0 radical (unpaired) electrons. The normalized spacial score (nSPS) is 17.6. The van der Waals surface area contributed by atoms with Crippen LogP contribution in [0.25, 0.3) is 10.2 Å². The Labute approximate surface area is 145 Å². The minimum Gasteiger partial charge on any atom is -0.273 e. The molecule has 0 aliphatic carbocycles. The zero-order valence-electron chi connectivity index (χ0n) is 12.3. The van der Waals surface area contributed by atoms with E-state index in [0.29, 0.717) is 10.9 Å². The highest BCUT2D eigenvalue weighted by Gasteiger charge is 2.36. The van der Waals surface area contributed by atoms with Gasteiger partial charge in [0.1, 0.15) is 5.37 Å². The zero-order chi connectivity index (χ0) is 16.7. The number of rotatable bonds is 3. The largest absolute Gasteiger partial charge is 0.273 e. The summed E-state index contributed by atoms with van der Waals surface area (Å²) < 4.78 is 1.03. The number of nitro groups is 1. The molecule has 1 unspecified atom stereocenters. The lowest BCUT2D eigenvalue weighted by Gasteiger charge is -2.21. The third-order valence-electron chi connectivity index (χ3n) is 3.75. The van der Waals surface area contributed by atoms with Crippen LogP contribution in [0.2, 0.25) is 0 Å². The highest BCUT2D eigenvalue weighted by molar-refractivity contribution is 8.00. The van der Waals surface area contributed by atoms with Crippen molar-refractivity contribution in [3.05, 3.63) is 64.2 Å². The second kappa shape index (κ2) is 5.88. The van der Waals surface area contributed by atoms with Gasteiger partial charge in [-0.15, -0.1) is 11.8 Å². The molecule has 1 fully saturated rings. The minimum absolute atomic E-state index is 0.00223. The number of thioether (sulfide) groups is 1. The summed E-state index contributed by atoms with van der Waals surface area (Å²) in [6.45, 7) is 0. The number of hydrogen-bond acceptors (Lipinski definition) is 6. The summed E-state index contributed by atoms with van der Waals surface area (Å²) in [7, 11) is 0. The number of para-hydroxylation sites is 1. The van der Waals surface area contributed by atoms with Crippen molar-refractivity contribution in [1.29, 1.82) is 0 Å². The number of thiazole rings is 1. The first-order valence-corrected chi connectivity index (χ1v) is 9.03. The summed E-state index contributed by atoms with van der Waals surface area (Å²) in [6, 6.07) is 14.1. The van der Waals surface area contributed by atoms with Crippen molar-refractivity contribution in [3.8, 4) is 0 Å². The van der Waals surface area contributed by atoms with Crippen LogP contribution in [0.3, 0.4) is 0 Å². The monoisotopic (exact) mass is 357 g/mol. The van der Waals surface area contributed by atoms with E-state index in [4.69, 9.17) is 0 Å². The number of fused-ring (bicyclic) bond motifs is 1. The van der Waals surface area contributed by atoms with Crippen LogP contribution in [0.5, 0.6) is 0 Å². The van der Waals surface area contributed by atoms with Gasteiger partial charge >= 0.3 is 0 Å². The van der Waals surface area contributed by atoms with Crippen molar-refractivity contribution in [2.75, 3.05) is 10.7 Å². The molecule has 1 saturated heterocycles. The maximum Gasteiger partial charge on any atom is 0.269 e. The molecule has 1 aliphatic heterocycles. The molecule has 8 heteroatoms. The van der Waals surface area contributed by atoms with Gasteiger partial charge in [-0.2, -0.15) is 0 Å². The fourth-order valence-electron chi connectivity index (χ4n) is 2.60. The molecule has 3 aromatic rings. The predicted molar refractivity (Wildman–Crippen MR) is 95.4 cm³/mol. The van der Waals surface area contributed by atoms with E-state index in [-0.39, 0.29) is 17.0 Å². The van der Waals surface area contributed by atoms with Gasteiger partial charge < -0.3 is 0 Å². The first kappa shape index (κ1) is 15.1. The summed E-state index contributed by atoms with van der Waals surface area (Å²) in [5.41, 5.74) is 1.76. The second-order valence-electron chi connectivity index (χ2n) is 5.24. The number of aromatic nitrogens is 1. The quantitative estimate of drug-likeness (QED) is 0.523. The number of anilines is 1. The Kier molecular flexibility index (Phi) is 3.70. The average molecular weight is 357 g/mol. The van der Waals surface area contributed by atoms with Crippen LogP contribution in [0.1, 0.15) is 10.9 Å². The van der Waals surface area contributed by atoms with Crippen LogP contribution < -0.4 is 4.90 Å². The van der Waals surface area contributed by atoms with E-state index in [1.807, 2.05) is 24.3 Å². The SMILES string of the molecule is O=C1CSC(c2ccc([N+](=O)[O-])cc2)N1c1nc2ccccc2s1. The molecule has 0 N–H and O–H groups in total. The number of carbonyl (C=O) groups is 1.